The summed E-state index contributed by atoms with van der Waals surface area (Å²) >= 11 is 0. The summed E-state index contributed by atoms with van der Waals surface area (Å²) < 4.78 is 0. The lowest BCUT2D eigenvalue weighted by molar-refractivity contribution is 0.221. The molecule has 0 aliphatic carbocycles. The van der Waals surface area contributed by atoms with Gasteiger partial charge in [0.2, 0.25) is 0 Å². The Hall–Kier alpha value is -0.120. The van der Waals surface area contributed by atoms with E-state index in [0.29, 0.717) is 0 Å². The van der Waals surface area contributed by atoms with E-state index in [1.807, 2.05) is 7.05 Å². The van der Waals surface area contributed by atoms with Crippen LogP contribution < -0.4 is 5.32 Å². The van der Waals surface area contributed by atoms with E-state index in [4.69, 9.17) is 5.11 Å². The van der Waals surface area contributed by atoms with Gasteiger partial charge in [0.15, 0.2) is 0 Å². The number of hydrogen-bond acceptors (Lipinski definition) is 3. The number of nitrogens with zero attached hydrogens (tertiary/aromatic N) is 1. The van der Waals surface area contributed by atoms with Crippen molar-refractivity contribution in [3.05, 3.63) is 0 Å². The van der Waals surface area contributed by atoms with Crippen LogP contribution in [0.2, 0.25) is 0 Å². The van der Waals surface area contributed by atoms with Gasteiger partial charge < -0.3 is 15.3 Å². The Kier molecular flexibility index (Phi) is 5.45. The first-order chi connectivity index (χ1) is 6.80. The average Bonchev–Trinajstić information content (AvgIpc) is 2.67. The van der Waals surface area contributed by atoms with E-state index in [-0.39, 0.29) is 12.6 Å². The van der Waals surface area contributed by atoms with Crippen LogP contribution in [0.1, 0.15) is 26.2 Å². The second kappa shape index (κ2) is 6.38. The zero-order valence-electron chi connectivity index (χ0n) is 9.50. The molecule has 0 aromatic carbocycles. The molecule has 1 heterocycles. The summed E-state index contributed by atoms with van der Waals surface area (Å²) in [7, 11) is 1.92. The molecule has 0 aromatic rings. The molecule has 0 bridgehead atoms. The normalized spacial score (nSPS) is 25.5. The molecule has 2 atom stereocenters. The van der Waals surface area contributed by atoms with E-state index < -0.39 is 0 Å². The fourth-order valence-electron chi connectivity index (χ4n) is 2.11. The summed E-state index contributed by atoms with van der Waals surface area (Å²) in [4.78, 5) is 2.52. The third-order valence-electron chi connectivity index (χ3n) is 3.37. The second-order valence-corrected chi connectivity index (χ2v) is 4.32. The molecular weight excluding hydrogens is 176 g/mol. The number of aliphatic hydroxyl groups excluding tert-OH is 1. The Morgan fingerprint density at radius 1 is 1.57 bits per heavy atom. The van der Waals surface area contributed by atoms with Crippen LogP contribution in [-0.4, -0.2) is 49.3 Å². The molecule has 2 N–H and O–H groups in total. The molecule has 0 radical (unpaired) electrons. The highest BCUT2D eigenvalue weighted by atomic mass is 16.3. The van der Waals surface area contributed by atoms with Crippen molar-refractivity contribution >= 4 is 0 Å². The van der Waals surface area contributed by atoms with Crippen molar-refractivity contribution in [1.29, 1.82) is 0 Å². The van der Waals surface area contributed by atoms with Gasteiger partial charge in [0.25, 0.3) is 0 Å². The Morgan fingerprint density at radius 3 is 2.86 bits per heavy atom. The van der Waals surface area contributed by atoms with Crippen molar-refractivity contribution < 1.29 is 5.11 Å². The van der Waals surface area contributed by atoms with Crippen molar-refractivity contribution in [3.63, 3.8) is 0 Å². The van der Waals surface area contributed by atoms with Gasteiger partial charge in [0.05, 0.1) is 6.61 Å². The minimum absolute atomic E-state index is 0.252. The summed E-state index contributed by atoms with van der Waals surface area (Å²) in [6.45, 7) is 6.17. The highest BCUT2D eigenvalue weighted by Crippen LogP contribution is 2.18. The van der Waals surface area contributed by atoms with Crippen LogP contribution in [0.5, 0.6) is 0 Å². The molecule has 1 aliphatic rings. The minimum atomic E-state index is 0.252. The van der Waals surface area contributed by atoms with Gasteiger partial charge in [-0.3, -0.25) is 0 Å². The molecule has 14 heavy (non-hydrogen) atoms. The SMILES string of the molecule is CCC1CCN(CCC(CO)NC)C1. The summed E-state index contributed by atoms with van der Waals surface area (Å²) in [5.41, 5.74) is 0. The number of hydrogen-bond donors (Lipinski definition) is 2. The first kappa shape index (κ1) is 12.0. The van der Waals surface area contributed by atoms with Gasteiger partial charge in [-0.05, 0) is 38.9 Å². The number of rotatable bonds is 6. The molecule has 0 saturated carbocycles. The second-order valence-electron chi connectivity index (χ2n) is 4.32. The smallest absolute Gasteiger partial charge is 0.0585 e. The number of likely N-dealkylation sites (N-methyl/N-ethyl adjacent to an activating group) is 1. The standard InChI is InChI=1S/C11H24N2O/c1-3-10-4-6-13(8-10)7-5-11(9-14)12-2/h10-12,14H,3-9H2,1-2H3. The Labute approximate surface area is 87.5 Å². The molecule has 1 saturated heterocycles. The van der Waals surface area contributed by atoms with Crippen LogP contribution in [0.3, 0.4) is 0 Å². The fourth-order valence-corrected chi connectivity index (χ4v) is 2.11. The summed E-state index contributed by atoms with van der Waals surface area (Å²) in [6, 6.07) is 0.274. The van der Waals surface area contributed by atoms with Crippen LogP contribution >= 0.6 is 0 Å². The average molecular weight is 200 g/mol. The van der Waals surface area contributed by atoms with Gasteiger partial charge in [-0.15, -0.1) is 0 Å². The molecular formula is C11H24N2O. The maximum absolute atomic E-state index is 9.02. The summed E-state index contributed by atoms with van der Waals surface area (Å²) in [6.07, 6.45) is 3.73. The van der Waals surface area contributed by atoms with Crippen LogP contribution in [0, 0.1) is 5.92 Å². The van der Waals surface area contributed by atoms with Crippen LogP contribution in [0.4, 0.5) is 0 Å². The minimum Gasteiger partial charge on any atom is -0.395 e. The largest absolute Gasteiger partial charge is 0.395 e. The van der Waals surface area contributed by atoms with Crippen LogP contribution in [-0.2, 0) is 0 Å². The molecule has 1 aliphatic heterocycles. The molecule has 1 fully saturated rings. The molecule has 3 heteroatoms. The van der Waals surface area contributed by atoms with E-state index in [2.05, 4.69) is 17.1 Å². The molecule has 0 amide bonds. The zero-order valence-corrected chi connectivity index (χ0v) is 9.50. The quantitative estimate of drug-likeness (QED) is 0.662. The van der Waals surface area contributed by atoms with Crippen molar-refractivity contribution in [2.75, 3.05) is 33.3 Å². The monoisotopic (exact) mass is 200 g/mol. The zero-order chi connectivity index (χ0) is 10.4. The molecule has 1 rings (SSSR count). The third-order valence-corrected chi connectivity index (χ3v) is 3.37. The van der Waals surface area contributed by atoms with E-state index in [0.717, 1.165) is 18.9 Å². The Balaban J connectivity index is 2.13. The van der Waals surface area contributed by atoms with Crippen LogP contribution in [0.25, 0.3) is 0 Å². The highest BCUT2D eigenvalue weighted by molar-refractivity contribution is 4.76. The Morgan fingerprint density at radius 2 is 2.36 bits per heavy atom. The first-order valence-corrected chi connectivity index (χ1v) is 5.80. The van der Waals surface area contributed by atoms with Gasteiger partial charge in [0, 0.05) is 12.6 Å². The highest BCUT2D eigenvalue weighted by Gasteiger charge is 2.20. The van der Waals surface area contributed by atoms with Gasteiger partial charge in [-0.1, -0.05) is 13.3 Å². The maximum Gasteiger partial charge on any atom is 0.0585 e. The molecule has 3 nitrogen and oxygen atoms in total. The number of aliphatic hydroxyl groups is 1. The van der Waals surface area contributed by atoms with Gasteiger partial charge >= 0.3 is 0 Å². The Bertz CT molecular complexity index is 148. The van der Waals surface area contributed by atoms with E-state index in [1.165, 1.54) is 25.9 Å². The lowest BCUT2D eigenvalue weighted by Crippen LogP contribution is -2.34. The van der Waals surface area contributed by atoms with Gasteiger partial charge in [-0.2, -0.15) is 0 Å². The van der Waals surface area contributed by atoms with Gasteiger partial charge in [-0.25, -0.2) is 0 Å². The lowest BCUT2D eigenvalue weighted by Gasteiger charge is -2.19. The van der Waals surface area contributed by atoms with E-state index >= 15 is 0 Å². The maximum atomic E-state index is 9.02. The molecule has 2 unspecified atom stereocenters. The predicted octanol–water partition coefficient (Wildman–Crippen LogP) is 0.689. The van der Waals surface area contributed by atoms with Crippen LogP contribution in [0.15, 0.2) is 0 Å². The van der Waals surface area contributed by atoms with Gasteiger partial charge in [0.1, 0.15) is 0 Å². The molecule has 84 valence electrons. The van der Waals surface area contributed by atoms with E-state index in [9.17, 15) is 0 Å². The molecule has 0 spiro atoms. The van der Waals surface area contributed by atoms with Crippen molar-refractivity contribution in [2.24, 2.45) is 5.92 Å². The van der Waals surface area contributed by atoms with Crippen molar-refractivity contribution in [3.8, 4) is 0 Å². The van der Waals surface area contributed by atoms with E-state index in [1.54, 1.807) is 0 Å². The topological polar surface area (TPSA) is 35.5 Å². The first-order valence-electron chi connectivity index (χ1n) is 5.80. The number of likely N-dealkylation sites (tertiary alicyclic amines) is 1. The van der Waals surface area contributed by atoms with Crippen molar-refractivity contribution in [1.82, 2.24) is 10.2 Å². The summed E-state index contributed by atoms with van der Waals surface area (Å²) in [5.74, 6) is 0.914. The van der Waals surface area contributed by atoms with Crippen molar-refractivity contribution in [2.45, 2.75) is 32.2 Å². The lowest BCUT2D eigenvalue weighted by atomic mass is 10.1. The fraction of sp³-hybridized carbons (Fsp3) is 1.00. The number of nitrogens with one attached hydrogen (secondary N) is 1. The third kappa shape index (κ3) is 3.56. The molecule has 0 aromatic heterocycles. The summed E-state index contributed by atoms with van der Waals surface area (Å²) in [5, 5.41) is 12.1. The predicted molar refractivity (Wildman–Crippen MR) is 59.4 cm³/mol.